The van der Waals surface area contributed by atoms with Gasteiger partial charge in [-0.05, 0) is 64.9 Å². The summed E-state index contributed by atoms with van der Waals surface area (Å²) >= 11 is 0. The zero-order valence-electron chi connectivity index (χ0n) is 17.8. The molecule has 1 amide bonds. The van der Waals surface area contributed by atoms with Crippen molar-refractivity contribution < 1.29 is 13.6 Å². The fraction of sp³-hybridized carbons (Fsp3) is 0.308. The summed E-state index contributed by atoms with van der Waals surface area (Å²) in [5.41, 5.74) is 7.15. The first kappa shape index (κ1) is 20.6. The third-order valence-corrected chi connectivity index (χ3v) is 6.79. The zero-order valence-corrected chi connectivity index (χ0v) is 17.8. The van der Waals surface area contributed by atoms with Gasteiger partial charge in [-0.3, -0.25) is 9.78 Å². The molecule has 1 aromatic heterocycles. The molecule has 1 N–H and O–H groups in total. The summed E-state index contributed by atoms with van der Waals surface area (Å²) in [6.45, 7) is 2.92. The number of aromatic nitrogens is 1. The number of halogens is 2. The summed E-state index contributed by atoms with van der Waals surface area (Å²) < 4.78 is 25.6. The van der Waals surface area contributed by atoms with Gasteiger partial charge in [0.1, 0.15) is 0 Å². The Labute approximate surface area is 186 Å². The number of carbonyl (C=O) groups is 1. The van der Waals surface area contributed by atoms with E-state index in [-0.39, 0.29) is 18.0 Å². The fourth-order valence-electron chi connectivity index (χ4n) is 5.21. The van der Waals surface area contributed by atoms with Crippen molar-refractivity contribution in [3.05, 3.63) is 83.7 Å². The number of amides is 1. The van der Waals surface area contributed by atoms with Crippen molar-refractivity contribution in [1.29, 1.82) is 0 Å². The van der Waals surface area contributed by atoms with Gasteiger partial charge in [0, 0.05) is 36.6 Å². The van der Waals surface area contributed by atoms with E-state index in [9.17, 15) is 13.6 Å². The smallest absolute Gasteiger partial charge is 0.315 e. The van der Waals surface area contributed by atoms with E-state index in [4.69, 9.17) is 0 Å². The van der Waals surface area contributed by atoms with E-state index >= 15 is 0 Å². The van der Waals surface area contributed by atoms with E-state index in [1.54, 1.807) is 12.4 Å². The highest BCUT2D eigenvalue weighted by atomic mass is 19.3. The second-order valence-corrected chi connectivity index (χ2v) is 8.60. The molecule has 2 aromatic carbocycles. The molecule has 6 heteroatoms. The lowest BCUT2D eigenvalue weighted by Crippen LogP contribution is -2.47. The minimum Gasteiger partial charge on any atom is -0.364 e. The van der Waals surface area contributed by atoms with Gasteiger partial charge in [0.05, 0.1) is 6.04 Å². The van der Waals surface area contributed by atoms with E-state index in [1.807, 2.05) is 18.2 Å². The minimum absolute atomic E-state index is 0.0263. The van der Waals surface area contributed by atoms with E-state index < -0.39 is 12.3 Å². The summed E-state index contributed by atoms with van der Waals surface area (Å²) in [5, 5.41) is 2.55. The van der Waals surface area contributed by atoms with Crippen LogP contribution in [0.25, 0.3) is 11.1 Å². The number of fused-ring (bicyclic) bond motifs is 5. The zero-order chi connectivity index (χ0) is 22.2. The van der Waals surface area contributed by atoms with Crippen LogP contribution >= 0.6 is 0 Å². The van der Waals surface area contributed by atoms with Crippen LogP contribution in [-0.4, -0.2) is 29.9 Å². The molecule has 1 saturated heterocycles. The van der Waals surface area contributed by atoms with Gasteiger partial charge in [0.2, 0.25) is 0 Å². The lowest BCUT2D eigenvalue weighted by molar-refractivity contribution is -0.132. The van der Waals surface area contributed by atoms with Crippen molar-refractivity contribution in [2.75, 3.05) is 11.4 Å². The molecule has 2 aliphatic heterocycles. The minimum atomic E-state index is -2.98. The lowest BCUT2D eigenvalue weighted by Gasteiger charge is -2.41. The summed E-state index contributed by atoms with van der Waals surface area (Å²) in [5.74, 6) is -0.996. The number of pyridine rings is 1. The van der Waals surface area contributed by atoms with Gasteiger partial charge in [-0.1, -0.05) is 37.3 Å². The number of rotatable bonds is 3. The second-order valence-electron chi connectivity index (χ2n) is 8.60. The number of carbonyl (C=O) groups excluding carboxylic acids is 1. The molecule has 4 nitrogen and oxygen atoms in total. The fourth-order valence-corrected chi connectivity index (χ4v) is 5.21. The van der Waals surface area contributed by atoms with Crippen molar-refractivity contribution in [2.45, 2.75) is 44.2 Å². The number of nitrogens with one attached hydrogen (secondary N) is 1. The number of anilines is 1. The number of hydrogen-bond donors (Lipinski definition) is 1. The summed E-state index contributed by atoms with van der Waals surface area (Å²) in [7, 11) is 0. The van der Waals surface area contributed by atoms with E-state index in [1.165, 1.54) is 22.4 Å². The Morgan fingerprint density at radius 3 is 2.53 bits per heavy atom. The highest BCUT2D eigenvalue weighted by molar-refractivity contribution is 5.79. The normalized spacial score (nSPS) is 21.9. The Balaban J connectivity index is 1.57. The van der Waals surface area contributed by atoms with E-state index in [0.29, 0.717) is 19.4 Å². The number of nitrogens with zero attached hydrogens (tertiary/aromatic N) is 2. The van der Waals surface area contributed by atoms with Crippen LogP contribution in [0, 0.1) is 0 Å². The molecular formula is C26H25F2N3O. The molecule has 32 heavy (non-hydrogen) atoms. The van der Waals surface area contributed by atoms with Crippen LogP contribution in [0.5, 0.6) is 0 Å². The molecule has 0 unspecified atom stereocenters. The molecule has 3 atom stereocenters. The Morgan fingerprint density at radius 2 is 1.78 bits per heavy atom. The van der Waals surface area contributed by atoms with Gasteiger partial charge in [0.25, 0.3) is 5.91 Å². The molecule has 0 spiro atoms. The second kappa shape index (κ2) is 8.34. The maximum absolute atomic E-state index is 12.8. The first-order valence-corrected chi connectivity index (χ1v) is 11.0. The van der Waals surface area contributed by atoms with Crippen molar-refractivity contribution in [3.63, 3.8) is 0 Å². The average molecular weight is 434 g/mol. The molecule has 3 aromatic rings. The molecular weight excluding hydrogens is 408 g/mol. The van der Waals surface area contributed by atoms with Crippen LogP contribution in [0.1, 0.15) is 48.4 Å². The van der Waals surface area contributed by atoms with E-state index in [0.717, 1.165) is 11.1 Å². The Kier molecular flexibility index (Phi) is 5.37. The van der Waals surface area contributed by atoms with Crippen LogP contribution < -0.4 is 10.2 Å². The molecule has 0 saturated carbocycles. The SMILES string of the molecule is C[C@@H]1c2ccccc2[C@H]2C[C@H](NC(=O)C(F)F)CCN2c2ccc(-c3ccncc3)cc21. The lowest BCUT2D eigenvalue weighted by atomic mass is 9.85. The first-order valence-electron chi connectivity index (χ1n) is 11.0. The molecule has 0 aliphatic carbocycles. The quantitative estimate of drug-likeness (QED) is 0.609. The van der Waals surface area contributed by atoms with Crippen molar-refractivity contribution >= 4 is 11.6 Å². The highest BCUT2D eigenvalue weighted by Gasteiger charge is 2.37. The molecule has 0 bridgehead atoms. The third kappa shape index (κ3) is 3.64. The predicted octanol–water partition coefficient (Wildman–Crippen LogP) is 5.31. The predicted molar refractivity (Wildman–Crippen MR) is 121 cm³/mol. The van der Waals surface area contributed by atoms with Crippen LogP contribution in [0.3, 0.4) is 0 Å². The third-order valence-electron chi connectivity index (χ3n) is 6.79. The Morgan fingerprint density at radius 1 is 1.03 bits per heavy atom. The van der Waals surface area contributed by atoms with Crippen molar-refractivity contribution in [1.82, 2.24) is 10.3 Å². The number of piperidine rings is 1. The summed E-state index contributed by atoms with van der Waals surface area (Å²) in [6, 6.07) is 18.7. The monoisotopic (exact) mass is 433 g/mol. The summed E-state index contributed by atoms with van der Waals surface area (Å²) in [4.78, 5) is 18.1. The van der Waals surface area contributed by atoms with E-state index in [2.05, 4.69) is 58.5 Å². The van der Waals surface area contributed by atoms with Gasteiger partial charge >= 0.3 is 6.43 Å². The largest absolute Gasteiger partial charge is 0.364 e. The van der Waals surface area contributed by atoms with Gasteiger partial charge in [0.15, 0.2) is 0 Å². The standard InChI is InChI=1S/C26H25F2N3O/c1-16-20-4-2-3-5-21(20)24-15-19(30-26(32)25(27)28)10-13-31(24)23-7-6-18(14-22(16)23)17-8-11-29-12-9-17/h2-9,11-12,14,16,19,24-25H,10,13,15H2,1H3,(H,30,32)/t16-,19-,24-/m1/s1. The molecule has 2 aliphatic rings. The average Bonchev–Trinajstić information content (AvgIpc) is 2.93. The van der Waals surface area contributed by atoms with Crippen LogP contribution in [0.2, 0.25) is 0 Å². The number of hydrogen-bond acceptors (Lipinski definition) is 3. The van der Waals surface area contributed by atoms with Crippen molar-refractivity contribution in [2.24, 2.45) is 0 Å². The topological polar surface area (TPSA) is 45.2 Å². The van der Waals surface area contributed by atoms with Gasteiger partial charge in [-0.15, -0.1) is 0 Å². The van der Waals surface area contributed by atoms with Crippen LogP contribution in [0.4, 0.5) is 14.5 Å². The molecule has 5 rings (SSSR count). The summed E-state index contributed by atoms with van der Waals surface area (Å²) in [6.07, 6.45) is 1.86. The molecule has 0 radical (unpaired) electrons. The first-order chi connectivity index (χ1) is 15.5. The maximum Gasteiger partial charge on any atom is 0.315 e. The Bertz CT molecular complexity index is 1130. The molecule has 1 fully saturated rings. The van der Waals surface area contributed by atoms with Crippen LogP contribution in [0.15, 0.2) is 67.0 Å². The van der Waals surface area contributed by atoms with Gasteiger partial charge in [-0.25, -0.2) is 0 Å². The molecule has 3 heterocycles. The van der Waals surface area contributed by atoms with Crippen LogP contribution in [-0.2, 0) is 4.79 Å². The van der Waals surface area contributed by atoms with Gasteiger partial charge in [-0.2, -0.15) is 8.78 Å². The highest BCUT2D eigenvalue weighted by Crippen LogP contribution is 2.47. The van der Waals surface area contributed by atoms with Gasteiger partial charge < -0.3 is 10.2 Å². The van der Waals surface area contributed by atoms with Crippen molar-refractivity contribution in [3.8, 4) is 11.1 Å². The Hall–Kier alpha value is -3.28. The molecule has 164 valence electrons. The number of alkyl halides is 2. The maximum atomic E-state index is 12.8. The number of benzene rings is 2.